The normalized spacial score (nSPS) is 16.0. The predicted molar refractivity (Wildman–Crippen MR) is 114 cm³/mol. The summed E-state index contributed by atoms with van der Waals surface area (Å²) >= 11 is 0. The number of hydrogen-bond acceptors (Lipinski definition) is 4. The quantitative estimate of drug-likeness (QED) is 0.155. The van der Waals surface area contributed by atoms with E-state index in [-0.39, 0.29) is 36.4 Å². The number of nitrogens with one attached hydrogen (secondary N) is 3. The van der Waals surface area contributed by atoms with Crippen molar-refractivity contribution >= 4 is 35.8 Å². The number of likely N-dealkylation sites (tertiary alicyclic amines) is 1. The summed E-state index contributed by atoms with van der Waals surface area (Å²) in [5.74, 6) is 0.610. The van der Waals surface area contributed by atoms with Gasteiger partial charge in [0.2, 0.25) is 5.91 Å². The van der Waals surface area contributed by atoms with Crippen molar-refractivity contribution in [1.29, 1.82) is 0 Å². The first kappa shape index (κ1) is 24.1. The third-order valence-electron chi connectivity index (χ3n) is 3.78. The van der Waals surface area contributed by atoms with E-state index in [2.05, 4.69) is 39.3 Å². The maximum atomic E-state index is 11.7. The lowest BCUT2D eigenvalue weighted by atomic mass is 10.0. The molecule has 0 aromatic rings. The summed E-state index contributed by atoms with van der Waals surface area (Å²) in [6.45, 7) is 13.1. The van der Waals surface area contributed by atoms with Gasteiger partial charge in [-0.25, -0.2) is 4.99 Å². The van der Waals surface area contributed by atoms with Gasteiger partial charge in [-0.15, -0.1) is 24.0 Å². The minimum Gasteiger partial charge on any atom is -0.383 e. The second kappa shape index (κ2) is 14.3. The van der Waals surface area contributed by atoms with Crippen LogP contribution in [0.5, 0.6) is 0 Å². The van der Waals surface area contributed by atoms with E-state index in [1.807, 2.05) is 6.92 Å². The highest BCUT2D eigenvalue weighted by atomic mass is 127. The van der Waals surface area contributed by atoms with Crippen LogP contribution in [0.2, 0.25) is 0 Å². The van der Waals surface area contributed by atoms with Gasteiger partial charge in [0.25, 0.3) is 0 Å². The molecule has 1 aliphatic rings. The van der Waals surface area contributed by atoms with Crippen LogP contribution in [0.3, 0.4) is 0 Å². The lowest BCUT2D eigenvalue weighted by molar-refractivity contribution is -0.119. The molecule has 0 aliphatic carbocycles. The number of amides is 1. The van der Waals surface area contributed by atoms with Crippen molar-refractivity contribution in [2.24, 2.45) is 4.99 Å². The summed E-state index contributed by atoms with van der Waals surface area (Å²) in [5, 5.41) is 9.41. The summed E-state index contributed by atoms with van der Waals surface area (Å²) in [6.07, 6.45) is 2.13. The van der Waals surface area contributed by atoms with E-state index >= 15 is 0 Å². The average Bonchev–Trinajstić information content (AvgIpc) is 2.54. The number of guanidine groups is 1. The number of rotatable bonds is 9. The second-order valence-electron chi connectivity index (χ2n) is 6.19. The number of ether oxygens (including phenoxy) is 1. The van der Waals surface area contributed by atoms with Crippen LogP contribution in [0.1, 0.15) is 26.7 Å². The Morgan fingerprint density at radius 3 is 2.56 bits per heavy atom. The lowest BCUT2D eigenvalue weighted by Gasteiger charge is -2.33. The number of halogens is 1. The van der Waals surface area contributed by atoms with Crippen molar-refractivity contribution in [1.82, 2.24) is 20.9 Å². The van der Waals surface area contributed by atoms with Crippen molar-refractivity contribution in [3.63, 3.8) is 0 Å². The lowest BCUT2D eigenvalue weighted by Crippen LogP contribution is -2.49. The average molecular weight is 467 g/mol. The molecule has 0 unspecified atom stereocenters. The Kier molecular flexibility index (Phi) is 13.8. The van der Waals surface area contributed by atoms with Crippen LogP contribution in [0.4, 0.5) is 0 Å². The largest absolute Gasteiger partial charge is 0.383 e. The maximum absolute atomic E-state index is 11.7. The van der Waals surface area contributed by atoms with E-state index in [1.165, 1.54) is 5.57 Å². The Hall–Kier alpha value is -0.870. The third kappa shape index (κ3) is 11.4. The van der Waals surface area contributed by atoms with Crippen LogP contribution in [0, 0.1) is 0 Å². The Morgan fingerprint density at radius 2 is 2.00 bits per heavy atom. The van der Waals surface area contributed by atoms with E-state index in [0.29, 0.717) is 25.2 Å². The van der Waals surface area contributed by atoms with Gasteiger partial charge < -0.3 is 20.7 Å². The Morgan fingerprint density at radius 1 is 1.32 bits per heavy atom. The topological polar surface area (TPSA) is 78.0 Å². The predicted octanol–water partition coefficient (Wildman–Crippen LogP) is 0.963. The van der Waals surface area contributed by atoms with Crippen LogP contribution in [0.25, 0.3) is 0 Å². The molecule has 0 atom stereocenters. The molecule has 1 aliphatic heterocycles. The van der Waals surface area contributed by atoms with Gasteiger partial charge in [-0.2, -0.15) is 0 Å². The molecule has 1 amide bonds. The van der Waals surface area contributed by atoms with Gasteiger partial charge >= 0.3 is 0 Å². The molecule has 146 valence electrons. The van der Waals surface area contributed by atoms with Crippen molar-refractivity contribution in [3.8, 4) is 0 Å². The summed E-state index contributed by atoms with van der Waals surface area (Å²) in [6, 6.07) is 0.390. The second-order valence-corrected chi connectivity index (χ2v) is 6.19. The minimum absolute atomic E-state index is 0. The fourth-order valence-electron chi connectivity index (χ4n) is 2.63. The monoisotopic (exact) mass is 467 g/mol. The fraction of sp³-hybridized carbons (Fsp3) is 0.765. The number of hydrogen-bond donors (Lipinski definition) is 3. The van der Waals surface area contributed by atoms with Gasteiger partial charge in [-0.3, -0.25) is 9.69 Å². The third-order valence-corrected chi connectivity index (χ3v) is 3.78. The van der Waals surface area contributed by atoms with E-state index in [0.717, 1.165) is 39.0 Å². The molecule has 1 heterocycles. The minimum atomic E-state index is -0.0967. The summed E-state index contributed by atoms with van der Waals surface area (Å²) in [4.78, 5) is 18.5. The Bertz CT molecular complexity index is 423. The van der Waals surface area contributed by atoms with E-state index in [4.69, 9.17) is 4.74 Å². The molecule has 1 saturated heterocycles. The van der Waals surface area contributed by atoms with E-state index in [1.54, 1.807) is 7.11 Å². The zero-order valence-corrected chi connectivity index (χ0v) is 18.1. The molecule has 0 saturated carbocycles. The van der Waals surface area contributed by atoms with Gasteiger partial charge in [0.05, 0.1) is 6.61 Å². The Labute approximate surface area is 169 Å². The van der Waals surface area contributed by atoms with Gasteiger partial charge in [0.15, 0.2) is 5.96 Å². The number of carbonyl (C=O) groups excluding carboxylic acids is 1. The van der Waals surface area contributed by atoms with Crippen LogP contribution in [0.15, 0.2) is 17.1 Å². The first-order valence-corrected chi connectivity index (χ1v) is 8.72. The van der Waals surface area contributed by atoms with Crippen LogP contribution in [-0.2, 0) is 9.53 Å². The molecule has 1 rings (SSSR count). The van der Waals surface area contributed by atoms with Crippen LogP contribution < -0.4 is 16.0 Å². The number of piperidine rings is 1. The van der Waals surface area contributed by atoms with Crippen molar-refractivity contribution < 1.29 is 9.53 Å². The highest BCUT2D eigenvalue weighted by Crippen LogP contribution is 2.11. The molecule has 7 nitrogen and oxygen atoms in total. The zero-order valence-electron chi connectivity index (χ0n) is 15.8. The molecule has 3 N–H and O–H groups in total. The number of aliphatic imine (C=N–C) groups is 1. The molecule has 0 spiro atoms. The number of nitrogens with zero attached hydrogens (tertiary/aromatic N) is 2. The zero-order chi connectivity index (χ0) is 17.8. The highest BCUT2D eigenvalue weighted by molar-refractivity contribution is 14.0. The molecule has 25 heavy (non-hydrogen) atoms. The summed E-state index contributed by atoms with van der Waals surface area (Å²) in [5.41, 5.74) is 1.20. The van der Waals surface area contributed by atoms with Crippen LogP contribution in [-0.4, -0.2) is 75.8 Å². The highest BCUT2D eigenvalue weighted by Gasteiger charge is 2.19. The van der Waals surface area contributed by atoms with E-state index < -0.39 is 0 Å². The summed E-state index contributed by atoms with van der Waals surface area (Å²) in [7, 11) is 1.61. The van der Waals surface area contributed by atoms with Gasteiger partial charge in [-0.1, -0.05) is 12.2 Å². The molecule has 0 bridgehead atoms. The molecule has 8 heteroatoms. The van der Waals surface area contributed by atoms with Crippen molar-refractivity contribution in [2.75, 3.05) is 53.0 Å². The van der Waals surface area contributed by atoms with Gasteiger partial charge in [0, 0.05) is 45.9 Å². The fourth-order valence-corrected chi connectivity index (χ4v) is 2.63. The molecule has 0 radical (unpaired) electrons. The molecule has 0 aromatic heterocycles. The first-order chi connectivity index (χ1) is 11.5. The Balaban J connectivity index is 0.00000576. The smallest absolute Gasteiger partial charge is 0.241 e. The summed E-state index contributed by atoms with van der Waals surface area (Å²) < 4.78 is 4.90. The SMILES string of the molecule is C=C(C)CN1CCC(NC(=NCC(=O)NCCOC)NCC)CC1.I. The first-order valence-electron chi connectivity index (χ1n) is 8.72. The molecular weight excluding hydrogens is 433 g/mol. The van der Waals surface area contributed by atoms with Gasteiger partial charge in [-0.05, 0) is 26.7 Å². The molecule has 1 fully saturated rings. The molecular formula is C17H34IN5O2. The number of methoxy groups -OCH3 is 1. The number of carbonyl (C=O) groups is 1. The molecule has 0 aromatic carbocycles. The van der Waals surface area contributed by atoms with Crippen molar-refractivity contribution in [3.05, 3.63) is 12.2 Å². The standard InChI is InChI=1S/C17H33N5O2.HI/c1-5-18-17(20-12-16(23)19-8-11-24-4)21-15-6-9-22(10-7-15)13-14(2)3;/h15H,2,5-13H2,1,3-4H3,(H,19,23)(H2,18,20,21);1H. The van der Waals surface area contributed by atoms with E-state index in [9.17, 15) is 4.79 Å². The van der Waals surface area contributed by atoms with Crippen LogP contribution >= 0.6 is 24.0 Å². The van der Waals surface area contributed by atoms with Gasteiger partial charge in [0.1, 0.15) is 6.54 Å². The van der Waals surface area contributed by atoms with Crippen molar-refractivity contribution in [2.45, 2.75) is 32.7 Å². The maximum Gasteiger partial charge on any atom is 0.241 e.